The second-order valence-corrected chi connectivity index (χ2v) is 9.51. The quantitative estimate of drug-likeness (QED) is 0.414. The molecule has 11 nitrogen and oxygen atoms in total. The molecule has 0 saturated carbocycles. The molecular formula is C25H36N8O3. The zero-order valence-electron chi connectivity index (χ0n) is 21.9. The molecule has 1 aliphatic heterocycles. The maximum Gasteiger partial charge on any atom is 0.332 e. The first-order chi connectivity index (χ1) is 17.3. The third-order valence-corrected chi connectivity index (χ3v) is 6.87. The lowest BCUT2D eigenvalue weighted by atomic mass is 10.1. The van der Waals surface area contributed by atoms with Crippen LogP contribution in [-0.2, 0) is 20.6 Å². The molecule has 1 saturated heterocycles. The third kappa shape index (κ3) is 4.79. The highest BCUT2D eigenvalue weighted by atomic mass is 16.4. The number of hydrogen-bond acceptors (Lipinski definition) is 8. The molecule has 0 bridgehead atoms. The summed E-state index contributed by atoms with van der Waals surface area (Å²) >= 11 is 0. The second-order valence-electron chi connectivity index (χ2n) is 9.51. The van der Waals surface area contributed by atoms with Gasteiger partial charge in [0.05, 0.1) is 0 Å². The molecule has 0 radical (unpaired) electrons. The van der Waals surface area contributed by atoms with Crippen molar-refractivity contribution in [3.05, 3.63) is 51.4 Å². The molecule has 4 heterocycles. The minimum atomic E-state index is -0.415. The summed E-state index contributed by atoms with van der Waals surface area (Å²) in [6.45, 7) is 14.8. The lowest BCUT2D eigenvalue weighted by Gasteiger charge is -2.36. The van der Waals surface area contributed by atoms with E-state index in [0.29, 0.717) is 34.8 Å². The predicted molar refractivity (Wildman–Crippen MR) is 140 cm³/mol. The topological polar surface area (TPSA) is 107 Å². The van der Waals surface area contributed by atoms with Crippen LogP contribution in [0, 0.1) is 5.92 Å². The Balaban J connectivity index is 1.72. The molecule has 3 aromatic rings. The maximum absolute atomic E-state index is 13.2. The van der Waals surface area contributed by atoms with E-state index in [1.807, 2.05) is 13.0 Å². The molecule has 0 aromatic carbocycles. The van der Waals surface area contributed by atoms with Gasteiger partial charge in [0.25, 0.3) is 5.56 Å². The van der Waals surface area contributed by atoms with Crippen LogP contribution in [0.2, 0.25) is 0 Å². The van der Waals surface area contributed by atoms with Crippen molar-refractivity contribution in [3.63, 3.8) is 0 Å². The first kappa shape index (κ1) is 25.6. The van der Waals surface area contributed by atoms with Gasteiger partial charge < -0.3 is 9.32 Å². The van der Waals surface area contributed by atoms with Crippen molar-refractivity contribution >= 4 is 22.7 Å². The van der Waals surface area contributed by atoms with E-state index < -0.39 is 11.2 Å². The van der Waals surface area contributed by atoms with Crippen molar-refractivity contribution in [2.45, 2.75) is 40.2 Å². The van der Waals surface area contributed by atoms with Crippen LogP contribution in [0.15, 0.2) is 32.7 Å². The molecule has 4 rings (SSSR count). The van der Waals surface area contributed by atoms with Crippen molar-refractivity contribution in [2.75, 3.05) is 37.6 Å². The summed E-state index contributed by atoms with van der Waals surface area (Å²) in [5, 5.41) is 8.33. The van der Waals surface area contributed by atoms with Crippen LogP contribution in [0.3, 0.4) is 0 Å². The van der Waals surface area contributed by atoms with Crippen molar-refractivity contribution in [1.29, 1.82) is 0 Å². The van der Waals surface area contributed by atoms with E-state index >= 15 is 0 Å². The highest BCUT2D eigenvalue weighted by Gasteiger charge is 2.27. The fraction of sp³-hybridized carbons (Fsp3) is 0.560. The Morgan fingerprint density at radius 3 is 2.50 bits per heavy atom. The van der Waals surface area contributed by atoms with E-state index in [1.165, 1.54) is 24.5 Å². The van der Waals surface area contributed by atoms with Crippen LogP contribution < -0.4 is 16.1 Å². The Bertz CT molecular complexity index is 1380. The van der Waals surface area contributed by atoms with Crippen molar-refractivity contribution in [1.82, 2.24) is 33.8 Å². The Labute approximate surface area is 210 Å². The van der Waals surface area contributed by atoms with Gasteiger partial charge in [-0.1, -0.05) is 39.0 Å². The molecule has 0 aliphatic carbocycles. The summed E-state index contributed by atoms with van der Waals surface area (Å²) in [4.78, 5) is 35.3. The Morgan fingerprint density at radius 2 is 1.86 bits per heavy atom. The fourth-order valence-electron chi connectivity index (χ4n) is 4.88. The average molecular weight is 497 g/mol. The summed E-state index contributed by atoms with van der Waals surface area (Å²) in [5.74, 6) is 1.99. The monoisotopic (exact) mass is 496 g/mol. The zero-order chi connectivity index (χ0) is 26.0. The number of nitrogens with zero attached hydrogens (tertiary/aromatic N) is 8. The number of piperazine rings is 1. The van der Waals surface area contributed by atoms with E-state index in [1.54, 1.807) is 17.7 Å². The number of aryl methyl sites for hydroxylation is 1. The SMILES string of the molecule is C=C/C(=C\C)c1nnc(Cn2c(N3CCN(CC(C)CCC)CC3)nc3c2c(=O)n(C)c(=O)n3C)o1. The lowest BCUT2D eigenvalue weighted by molar-refractivity contribution is 0.218. The lowest BCUT2D eigenvalue weighted by Crippen LogP contribution is -2.48. The highest BCUT2D eigenvalue weighted by Crippen LogP contribution is 2.24. The summed E-state index contributed by atoms with van der Waals surface area (Å²) in [6, 6.07) is 0. The Morgan fingerprint density at radius 1 is 1.14 bits per heavy atom. The van der Waals surface area contributed by atoms with Crippen molar-refractivity contribution in [2.24, 2.45) is 20.0 Å². The molecule has 194 valence electrons. The molecule has 1 aliphatic rings. The van der Waals surface area contributed by atoms with Gasteiger partial charge in [0.1, 0.15) is 6.54 Å². The van der Waals surface area contributed by atoms with E-state index in [0.717, 1.165) is 42.9 Å². The Kier molecular flexibility index (Phi) is 7.58. The van der Waals surface area contributed by atoms with Gasteiger partial charge in [0, 0.05) is 52.4 Å². The van der Waals surface area contributed by atoms with Gasteiger partial charge in [-0.25, -0.2) is 4.79 Å². The second kappa shape index (κ2) is 10.7. The minimum Gasteiger partial charge on any atom is -0.419 e. The van der Waals surface area contributed by atoms with E-state index in [9.17, 15) is 9.59 Å². The normalized spacial score (nSPS) is 16.1. The van der Waals surface area contributed by atoms with Gasteiger partial charge in [-0.15, -0.1) is 10.2 Å². The minimum absolute atomic E-state index is 0.161. The van der Waals surface area contributed by atoms with Gasteiger partial charge in [-0.2, -0.15) is 4.98 Å². The molecule has 11 heteroatoms. The van der Waals surface area contributed by atoms with Crippen LogP contribution >= 0.6 is 0 Å². The molecule has 0 N–H and O–H groups in total. The van der Waals surface area contributed by atoms with Gasteiger partial charge in [0.15, 0.2) is 11.2 Å². The number of anilines is 1. The molecule has 36 heavy (non-hydrogen) atoms. The average Bonchev–Trinajstić information content (AvgIpc) is 3.48. The van der Waals surface area contributed by atoms with Crippen LogP contribution in [-0.4, -0.2) is 66.5 Å². The molecule has 1 fully saturated rings. The van der Waals surface area contributed by atoms with E-state index in [-0.39, 0.29) is 6.54 Å². The van der Waals surface area contributed by atoms with Crippen molar-refractivity contribution in [3.8, 4) is 0 Å². The summed E-state index contributed by atoms with van der Waals surface area (Å²) in [5.41, 5.74) is 0.595. The summed E-state index contributed by atoms with van der Waals surface area (Å²) in [7, 11) is 3.11. The first-order valence-electron chi connectivity index (χ1n) is 12.5. The third-order valence-electron chi connectivity index (χ3n) is 6.87. The first-order valence-corrected chi connectivity index (χ1v) is 12.5. The highest BCUT2D eigenvalue weighted by molar-refractivity contribution is 5.75. The number of fused-ring (bicyclic) bond motifs is 1. The van der Waals surface area contributed by atoms with Crippen molar-refractivity contribution < 1.29 is 4.42 Å². The van der Waals surface area contributed by atoms with Crippen LogP contribution in [0.25, 0.3) is 16.7 Å². The smallest absolute Gasteiger partial charge is 0.332 e. The number of allylic oxidation sites excluding steroid dienone is 3. The van der Waals surface area contributed by atoms with Gasteiger partial charge in [0.2, 0.25) is 17.7 Å². The summed E-state index contributed by atoms with van der Waals surface area (Å²) in [6.07, 6.45) is 5.91. The largest absolute Gasteiger partial charge is 0.419 e. The number of rotatable bonds is 9. The molecular weight excluding hydrogens is 460 g/mol. The van der Waals surface area contributed by atoms with Crippen LogP contribution in [0.5, 0.6) is 0 Å². The van der Waals surface area contributed by atoms with Gasteiger partial charge >= 0.3 is 5.69 Å². The van der Waals surface area contributed by atoms with Gasteiger partial charge in [-0.3, -0.25) is 23.4 Å². The zero-order valence-corrected chi connectivity index (χ0v) is 21.9. The molecule has 0 amide bonds. The van der Waals surface area contributed by atoms with Gasteiger partial charge in [-0.05, 0) is 19.3 Å². The number of imidazole rings is 1. The fourth-order valence-corrected chi connectivity index (χ4v) is 4.88. The Hall–Kier alpha value is -3.47. The molecule has 3 aromatic heterocycles. The van der Waals surface area contributed by atoms with Crippen LogP contribution in [0.4, 0.5) is 5.95 Å². The molecule has 1 unspecified atom stereocenters. The molecule has 1 atom stereocenters. The maximum atomic E-state index is 13.2. The predicted octanol–water partition coefficient (Wildman–Crippen LogP) is 2.01. The molecule has 0 spiro atoms. The summed E-state index contributed by atoms with van der Waals surface area (Å²) < 4.78 is 10.2. The van der Waals surface area contributed by atoms with E-state index in [4.69, 9.17) is 9.40 Å². The standard InChI is InChI=1S/C25H36N8O3/c1-7-10-17(4)15-31-11-13-32(14-12-31)24-26-21-20(23(34)30(6)25(35)29(21)5)33(24)16-19-27-28-22(36-19)18(8-2)9-3/h8-9,17H,2,7,10-16H2,1,3-6H3/b18-9+. The van der Waals surface area contributed by atoms with E-state index in [2.05, 4.69) is 40.4 Å². The number of hydrogen-bond donors (Lipinski definition) is 0. The number of aromatic nitrogens is 6. The van der Waals surface area contributed by atoms with Crippen LogP contribution in [0.1, 0.15) is 45.4 Å².